The number of hydrogen-bond donors (Lipinski definition) is 3. The molecule has 1 aliphatic carbocycles. The van der Waals surface area contributed by atoms with Crippen molar-refractivity contribution in [3.05, 3.63) is 30.3 Å². The zero-order chi connectivity index (χ0) is 15.4. The SMILES string of the molecule is O=C(NCC1(Sc2ccccc2)CCCC1)C1CC(O)CN1. The van der Waals surface area contributed by atoms with Gasteiger partial charge in [-0.25, -0.2) is 0 Å². The molecule has 22 heavy (non-hydrogen) atoms. The van der Waals surface area contributed by atoms with Crippen molar-refractivity contribution in [2.24, 2.45) is 0 Å². The molecule has 5 heteroatoms. The first-order valence-electron chi connectivity index (χ1n) is 8.10. The third-order valence-corrected chi connectivity index (χ3v) is 6.09. The summed E-state index contributed by atoms with van der Waals surface area (Å²) < 4.78 is 0.119. The summed E-state index contributed by atoms with van der Waals surface area (Å²) in [5.74, 6) is 0.0245. The predicted octanol–water partition coefficient (Wildman–Crippen LogP) is 1.93. The van der Waals surface area contributed by atoms with Crippen molar-refractivity contribution >= 4 is 17.7 Å². The fourth-order valence-electron chi connectivity index (χ4n) is 3.36. The summed E-state index contributed by atoms with van der Waals surface area (Å²) >= 11 is 1.90. The number of amides is 1. The molecular weight excluding hydrogens is 296 g/mol. The maximum Gasteiger partial charge on any atom is 0.237 e. The lowest BCUT2D eigenvalue weighted by Crippen LogP contribution is -2.45. The Kier molecular flexibility index (Phi) is 5.06. The van der Waals surface area contributed by atoms with Crippen LogP contribution in [0.25, 0.3) is 0 Å². The maximum atomic E-state index is 12.2. The third kappa shape index (κ3) is 3.83. The smallest absolute Gasteiger partial charge is 0.237 e. The Morgan fingerprint density at radius 1 is 1.32 bits per heavy atom. The van der Waals surface area contributed by atoms with Crippen molar-refractivity contribution in [2.75, 3.05) is 13.1 Å². The molecular formula is C17H24N2O2S. The maximum absolute atomic E-state index is 12.2. The molecule has 1 saturated carbocycles. The van der Waals surface area contributed by atoms with E-state index in [1.807, 2.05) is 17.8 Å². The molecule has 1 aromatic carbocycles. The van der Waals surface area contributed by atoms with Gasteiger partial charge in [0.15, 0.2) is 0 Å². The summed E-state index contributed by atoms with van der Waals surface area (Å²) in [6, 6.07) is 10.2. The van der Waals surface area contributed by atoms with Crippen LogP contribution in [0.3, 0.4) is 0 Å². The Morgan fingerprint density at radius 3 is 2.68 bits per heavy atom. The second-order valence-electron chi connectivity index (χ2n) is 6.37. The molecule has 3 rings (SSSR count). The van der Waals surface area contributed by atoms with E-state index < -0.39 is 6.10 Å². The van der Waals surface area contributed by atoms with E-state index in [0.29, 0.717) is 19.5 Å². The monoisotopic (exact) mass is 320 g/mol. The first-order chi connectivity index (χ1) is 10.7. The van der Waals surface area contributed by atoms with E-state index in [-0.39, 0.29) is 16.7 Å². The molecule has 1 aromatic rings. The summed E-state index contributed by atoms with van der Waals surface area (Å²) in [5.41, 5.74) is 0. The van der Waals surface area contributed by atoms with Crippen LogP contribution < -0.4 is 10.6 Å². The number of carbonyl (C=O) groups excluding carboxylic acids is 1. The number of thioether (sulfide) groups is 1. The van der Waals surface area contributed by atoms with Gasteiger partial charge in [-0.1, -0.05) is 31.0 Å². The van der Waals surface area contributed by atoms with Gasteiger partial charge in [-0.05, 0) is 31.4 Å². The van der Waals surface area contributed by atoms with Crippen LogP contribution in [0, 0.1) is 0 Å². The van der Waals surface area contributed by atoms with Crippen molar-refractivity contribution in [2.45, 2.75) is 53.9 Å². The second-order valence-corrected chi connectivity index (χ2v) is 7.91. The van der Waals surface area contributed by atoms with Gasteiger partial charge < -0.3 is 15.7 Å². The van der Waals surface area contributed by atoms with Crippen LogP contribution >= 0.6 is 11.8 Å². The molecule has 0 radical (unpaired) electrons. The van der Waals surface area contributed by atoms with Crippen LogP contribution in [0.5, 0.6) is 0 Å². The molecule has 3 N–H and O–H groups in total. The summed E-state index contributed by atoms with van der Waals surface area (Å²) in [6.45, 7) is 1.22. The van der Waals surface area contributed by atoms with E-state index >= 15 is 0 Å². The van der Waals surface area contributed by atoms with E-state index in [2.05, 4.69) is 34.9 Å². The Labute approximate surface area is 136 Å². The molecule has 1 saturated heterocycles. The molecule has 2 fully saturated rings. The topological polar surface area (TPSA) is 61.4 Å². The zero-order valence-corrected chi connectivity index (χ0v) is 13.6. The van der Waals surface area contributed by atoms with Crippen LogP contribution in [0.2, 0.25) is 0 Å². The number of rotatable bonds is 5. The normalized spacial score (nSPS) is 27.0. The van der Waals surface area contributed by atoms with Crippen LogP contribution in [0.15, 0.2) is 35.2 Å². The highest BCUT2D eigenvalue weighted by atomic mass is 32.2. The van der Waals surface area contributed by atoms with Crippen LogP contribution in [0.1, 0.15) is 32.1 Å². The highest BCUT2D eigenvalue weighted by Crippen LogP contribution is 2.44. The predicted molar refractivity (Wildman–Crippen MR) is 88.9 cm³/mol. The molecule has 120 valence electrons. The molecule has 0 bridgehead atoms. The fraction of sp³-hybridized carbons (Fsp3) is 0.588. The first kappa shape index (κ1) is 15.8. The van der Waals surface area contributed by atoms with Crippen LogP contribution in [-0.4, -0.2) is 41.0 Å². The molecule has 1 amide bonds. The van der Waals surface area contributed by atoms with Crippen molar-refractivity contribution in [3.8, 4) is 0 Å². The number of hydrogen-bond acceptors (Lipinski definition) is 4. The average Bonchev–Trinajstić information content (AvgIpc) is 3.16. The number of carbonyl (C=O) groups is 1. The lowest BCUT2D eigenvalue weighted by atomic mass is 10.1. The van der Waals surface area contributed by atoms with Gasteiger partial charge in [0.2, 0.25) is 5.91 Å². The molecule has 0 aromatic heterocycles. The standard InChI is InChI=1S/C17H24N2O2S/c20-13-10-15(18-11-13)16(21)19-12-17(8-4-5-9-17)22-14-6-2-1-3-7-14/h1-3,6-7,13,15,18,20H,4-5,8-12H2,(H,19,21). The molecule has 1 heterocycles. The molecule has 4 nitrogen and oxygen atoms in total. The van der Waals surface area contributed by atoms with E-state index in [9.17, 15) is 9.90 Å². The van der Waals surface area contributed by atoms with E-state index in [1.54, 1.807) is 0 Å². The van der Waals surface area contributed by atoms with Gasteiger partial charge in [-0.2, -0.15) is 0 Å². The van der Waals surface area contributed by atoms with E-state index in [4.69, 9.17) is 0 Å². The molecule has 2 aliphatic rings. The molecule has 0 spiro atoms. The minimum atomic E-state index is -0.394. The Hall–Kier alpha value is -1.04. The van der Waals surface area contributed by atoms with Gasteiger partial charge >= 0.3 is 0 Å². The van der Waals surface area contributed by atoms with E-state index in [0.717, 1.165) is 12.8 Å². The highest BCUT2D eigenvalue weighted by Gasteiger charge is 2.36. The number of aliphatic hydroxyl groups excluding tert-OH is 1. The van der Waals surface area contributed by atoms with Crippen molar-refractivity contribution in [1.29, 1.82) is 0 Å². The minimum absolute atomic E-state index is 0.0245. The summed E-state index contributed by atoms with van der Waals surface area (Å²) in [7, 11) is 0. The van der Waals surface area contributed by atoms with Crippen molar-refractivity contribution in [1.82, 2.24) is 10.6 Å². The van der Waals surface area contributed by atoms with Crippen molar-refractivity contribution in [3.63, 3.8) is 0 Å². The Morgan fingerprint density at radius 2 is 2.05 bits per heavy atom. The fourth-order valence-corrected chi connectivity index (χ4v) is 4.79. The molecule has 2 atom stereocenters. The number of nitrogens with one attached hydrogen (secondary N) is 2. The lowest BCUT2D eigenvalue weighted by Gasteiger charge is -2.29. The zero-order valence-electron chi connectivity index (χ0n) is 12.8. The summed E-state index contributed by atoms with van der Waals surface area (Å²) in [5, 5.41) is 15.7. The number of benzene rings is 1. The largest absolute Gasteiger partial charge is 0.392 e. The van der Waals surface area contributed by atoms with E-state index in [1.165, 1.54) is 17.7 Å². The third-order valence-electron chi connectivity index (χ3n) is 4.60. The summed E-state index contributed by atoms with van der Waals surface area (Å²) in [6.07, 6.45) is 4.88. The minimum Gasteiger partial charge on any atom is -0.392 e. The lowest BCUT2D eigenvalue weighted by molar-refractivity contribution is -0.123. The average molecular weight is 320 g/mol. The molecule has 1 aliphatic heterocycles. The van der Waals surface area contributed by atoms with Crippen molar-refractivity contribution < 1.29 is 9.90 Å². The molecule has 2 unspecified atom stereocenters. The Bertz CT molecular complexity index is 503. The van der Waals surface area contributed by atoms with Gasteiger partial charge in [0.1, 0.15) is 0 Å². The first-order valence-corrected chi connectivity index (χ1v) is 8.92. The van der Waals surface area contributed by atoms with Gasteiger partial charge in [-0.3, -0.25) is 4.79 Å². The van der Waals surface area contributed by atoms with Crippen LogP contribution in [-0.2, 0) is 4.79 Å². The Balaban J connectivity index is 1.58. The van der Waals surface area contributed by atoms with Gasteiger partial charge in [0.05, 0.1) is 12.1 Å². The second kappa shape index (κ2) is 7.02. The quantitative estimate of drug-likeness (QED) is 0.776. The highest BCUT2D eigenvalue weighted by molar-refractivity contribution is 8.00. The van der Waals surface area contributed by atoms with Gasteiger partial charge in [0, 0.05) is 22.7 Å². The van der Waals surface area contributed by atoms with Crippen LogP contribution in [0.4, 0.5) is 0 Å². The summed E-state index contributed by atoms with van der Waals surface area (Å²) in [4.78, 5) is 13.5. The van der Waals surface area contributed by atoms with Gasteiger partial charge in [0.25, 0.3) is 0 Å². The number of β-amino-alcohol motifs (C(OH)–C–C–N with tert-alkyl or cyclic N) is 1. The van der Waals surface area contributed by atoms with Gasteiger partial charge in [-0.15, -0.1) is 11.8 Å². The number of aliphatic hydroxyl groups is 1.